The Hall–Kier alpha value is -0.610. The maximum Gasteiger partial charge on any atom is 1.00 e. The van der Waals surface area contributed by atoms with Crippen LogP contribution in [0.5, 0.6) is 11.5 Å². The number of thiophene rings is 1. The van der Waals surface area contributed by atoms with Gasteiger partial charge in [0.1, 0.15) is 0 Å². The van der Waals surface area contributed by atoms with E-state index >= 15 is 0 Å². The number of fused-ring (bicyclic) bond motifs is 1. The molecule has 9 heteroatoms. The minimum absolute atomic E-state index is 0. The third-order valence-corrected chi connectivity index (χ3v) is 5.66. The Kier molecular flexibility index (Phi) is 8.61. The molecule has 0 fully saturated rings. The molecule has 1 aliphatic rings. The predicted molar refractivity (Wildman–Crippen MR) is 97.9 cm³/mol. The predicted octanol–water partition coefficient (Wildman–Crippen LogP) is -0.296. The van der Waals surface area contributed by atoms with Crippen molar-refractivity contribution < 1.29 is 56.7 Å². The van der Waals surface area contributed by atoms with Gasteiger partial charge in [0.2, 0.25) is 0 Å². The fourth-order valence-electron chi connectivity index (χ4n) is 2.88. The maximum absolute atomic E-state index is 10.7. The third-order valence-electron chi connectivity index (χ3n) is 4.17. The first-order chi connectivity index (χ1) is 12.5. The molecule has 0 spiro atoms. The van der Waals surface area contributed by atoms with E-state index in [1.54, 1.807) is 0 Å². The Morgan fingerprint density at radius 3 is 2.33 bits per heavy atom. The van der Waals surface area contributed by atoms with Gasteiger partial charge < -0.3 is 18.8 Å². The molecule has 27 heavy (non-hydrogen) atoms. The van der Waals surface area contributed by atoms with Crippen molar-refractivity contribution >= 4 is 21.5 Å². The van der Waals surface area contributed by atoms with Gasteiger partial charge in [-0.15, -0.1) is 11.3 Å². The molecule has 142 valence electrons. The van der Waals surface area contributed by atoms with Crippen LogP contribution in [0.3, 0.4) is 0 Å². The average molecular weight is 420 g/mol. The SMILES string of the molecule is O=S(=O)([O-])CCCOCC1(Cc2ccccc2)COc2cscc2OC1.[Na+]. The van der Waals surface area contributed by atoms with Gasteiger partial charge in [0.05, 0.1) is 35.4 Å². The molecule has 0 bridgehead atoms. The molecule has 0 saturated carbocycles. The summed E-state index contributed by atoms with van der Waals surface area (Å²) in [7, 11) is -4.21. The van der Waals surface area contributed by atoms with Gasteiger partial charge >= 0.3 is 29.6 Å². The molecule has 0 atom stereocenters. The van der Waals surface area contributed by atoms with Crippen molar-refractivity contribution in [2.45, 2.75) is 12.8 Å². The Balaban J connectivity index is 0.00000261. The molecule has 6 nitrogen and oxygen atoms in total. The van der Waals surface area contributed by atoms with Crippen LogP contribution >= 0.6 is 11.3 Å². The van der Waals surface area contributed by atoms with Gasteiger partial charge in [-0.25, -0.2) is 8.42 Å². The first kappa shape index (κ1) is 22.7. The summed E-state index contributed by atoms with van der Waals surface area (Å²) in [5.74, 6) is 1.06. The van der Waals surface area contributed by atoms with E-state index in [1.165, 1.54) is 11.3 Å². The zero-order valence-electron chi connectivity index (χ0n) is 15.3. The van der Waals surface area contributed by atoms with Gasteiger partial charge in [-0.05, 0) is 18.4 Å². The molecule has 1 aromatic carbocycles. The van der Waals surface area contributed by atoms with Crippen LogP contribution in [0.25, 0.3) is 0 Å². The number of benzene rings is 1. The van der Waals surface area contributed by atoms with E-state index in [4.69, 9.17) is 14.2 Å². The van der Waals surface area contributed by atoms with Gasteiger partial charge in [0.15, 0.2) is 11.5 Å². The summed E-state index contributed by atoms with van der Waals surface area (Å²) < 4.78 is 49.7. The van der Waals surface area contributed by atoms with E-state index in [9.17, 15) is 13.0 Å². The van der Waals surface area contributed by atoms with Crippen molar-refractivity contribution in [2.24, 2.45) is 5.41 Å². The minimum Gasteiger partial charge on any atom is -0.748 e. The summed E-state index contributed by atoms with van der Waals surface area (Å²) in [5.41, 5.74) is 0.754. The summed E-state index contributed by atoms with van der Waals surface area (Å²) >= 11 is 1.53. The van der Waals surface area contributed by atoms with E-state index in [2.05, 4.69) is 0 Å². The molecule has 0 radical (unpaired) electrons. The normalized spacial score (nSPS) is 15.6. The van der Waals surface area contributed by atoms with Crippen LogP contribution in [-0.4, -0.2) is 45.2 Å². The van der Waals surface area contributed by atoms with Crippen molar-refractivity contribution in [3.05, 3.63) is 46.7 Å². The van der Waals surface area contributed by atoms with Crippen LogP contribution in [0.15, 0.2) is 41.1 Å². The standard InChI is InChI=1S/C18H22O6S2.Na/c19-26(20,21)8-4-7-22-12-18(9-15-5-2-1-3-6-15)13-23-16-10-25-11-17(16)24-14-18;/h1-3,5-6,10-11H,4,7-9,12-14H2,(H,19,20,21);/q;+1/p-1. The largest absolute Gasteiger partial charge is 1.00 e. The molecule has 0 unspecified atom stereocenters. The third kappa shape index (κ3) is 7.05. The van der Waals surface area contributed by atoms with Crippen molar-refractivity contribution in [1.82, 2.24) is 0 Å². The summed E-state index contributed by atoms with van der Waals surface area (Å²) in [6.45, 7) is 1.44. The second-order valence-corrected chi connectivity index (χ2v) is 8.78. The first-order valence-electron chi connectivity index (χ1n) is 8.33. The van der Waals surface area contributed by atoms with Crippen LogP contribution in [0.2, 0.25) is 0 Å². The smallest absolute Gasteiger partial charge is 0.748 e. The van der Waals surface area contributed by atoms with Crippen LogP contribution in [0.4, 0.5) is 0 Å². The van der Waals surface area contributed by atoms with Gasteiger partial charge in [-0.1, -0.05) is 30.3 Å². The van der Waals surface area contributed by atoms with Crippen molar-refractivity contribution in [3.8, 4) is 11.5 Å². The van der Waals surface area contributed by atoms with Crippen LogP contribution in [-0.2, 0) is 21.3 Å². The topological polar surface area (TPSA) is 84.9 Å². The minimum atomic E-state index is -4.21. The summed E-state index contributed by atoms with van der Waals surface area (Å²) in [6.07, 6.45) is 0.892. The second kappa shape index (κ2) is 10.2. The quantitative estimate of drug-likeness (QED) is 0.331. The molecule has 1 aromatic heterocycles. The Morgan fingerprint density at radius 1 is 1.11 bits per heavy atom. The maximum atomic E-state index is 10.7. The van der Waals surface area contributed by atoms with Crippen molar-refractivity contribution in [2.75, 3.05) is 32.2 Å². The van der Waals surface area contributed by atoms with Crippen molar-refractivity contribution in [1.29, 1.82) is 0 Å². The molecule has 0 saturated heterocycles. The molecule has 2 aromatic rings. The zero-order chi connectivity index (χ0) is 18.5. The van der Waals surface area contributed by atoms with Gasteiger partial charge in [-0.2, -0.15) is 0 Å². The monoisotopic (exact) mass is 420 g/mol. The van der Waals surface area contributed by atoms with Crippen LogP contribution < -0.4 is 39.0 Å². The molecule has 0 aliphatic carbocycles. The van der Waals surface area contributed by atoms with Crippen LogP contribution in [0, 0.1) is 5.41 Å². The molecular formula is C18H21NaO6S2. The summed E-state index contributed by atoms with van der Waals surface area (Å²) in [4.78, 5) is 0. The summed E-state index contributed by atoms with van der Waals surface area (Å²) in [6, 6.07) is 10.0. The zero-order valence-corrected chi connectivity index (χ0v) is 18.9. The first-order valence-corrected chi connectivity index (χ1v) is 10.8. The molecule has 3 rings (SSSR count). The molecule has 0 amide bonds. The van der Waals surface area contributed by atoms with Gasteiger partial charge in [-0.3, -0.25) is 0 Å². The molecule has 0 N–H and O–H groups in total. The van der Waals surface area contributed by atoms with E-state index in [1.807, 2.05) is 41.1 Å². The Morgan fingerprint density at radius 2 is 1.74 bits per heavy atom. The fourth-order valence-corrected chi connectivity index (χ4v) is 4.03. The Labute approximate surface area is 185 Å². The molecule has 2 heterocycles. The summed E-state index contributed by atoms with van der Waals surface area (Å²) in [5, 5.41) is 3.82. The molecule has 1 aliphatic heterocycles. The number of rotatable bonds is 8. The average Bonchev–Trinajstić information content (AvgIpc) is 2.99. The van der Waals surface area contributed by atoms with Gasteiger partial charge in [0.25, 0.3) is 0 Å². The van der Waals surface area contributed by atoms with Crippen LogP contribution in [0.1, 0.15) is 12.0 Å². The second-order valence-electron chi connectivity index (χ2n) is 6.51. The van der Waals surface area contributed by atoms with E-state index in [0.29, 0.717) is 26.2 Å². The number of hydrogen-bond acceptors (Lipinski definition) is 7. The molecular weight excluding hydrogens is 399 g/mol. The van der Waals surface area contributed by atoms with E-state index < -0.39 is 21.3 Å². The number of hydrogen-bond donors (Lipinski definition) is 0. The fraction of sp³-hybridized carbons (Fsp3) is 0.444. The van der Waals surface area contributed by atoms with E-state index in [0.717, 1.165) is 17.1 Å². The Bertz CT molecular complexity index is 784. The van der Waals surface area contributed by atoms with Gasteiger partial charge in [0, 0.05) is 23.1 Å². The number of ether oxygens (including phenoxy) is 3. The van der Waals surface area contributed by atoms with Crippen molar-refractivity contribution in [3.63, 3.8) is 0 Å². The van der Waals surface area contributed by atoms with E-state index in [-0.39, 0.29) is 42.6 Å².